The molecule has 0 bridgehead atoms. The molecule has 2 amide bonds. The lowest BCUT2D eigenvalue weighted by molar-refractivity contribution is -0.140. The van der Waals surface area contributed by atoms with Gasteiger partial charge in [-0.15, -0.1) is 0 Å². The first-order valence-electron chi connectivity index (χ1n) is 4.90. The molecule has 1 aliphatic heterocycles. The van der Waals surface area contributed by atoms with Crippen molar-refractivity contribution in [3.63, 3.8) is 0 Å². The van der Waals surface area contributed by atoms with Crippen molar-refractivity contribution in [1.82, 2.24) is 5.32 Å². The smallest absolute Gasteiger partial charge is 0.305 e. The number of nitrogens with two attached hydrogens (primary N) is 1. The summed E-state index contributed by atoms with van der Waals surface area (Å²) in [5.74, 6) is -2.75. The Kier molecular flexibility index (Phi) is 4.24. The normalized spacial score (nSPS) is 21.4. The molecule has 1 aliphatic rings. The molecule has 0 aliphatic carbocycles. The van der Waals surface area contributed by atoms with E-state index in [1.807, 2.05) is 0 Å². The summed E-state index contributed by atoms with van der Waals surface area (Å²) >= 11 is 0. The highest BCUT2D eigenvalue weighted by Crippen LogP contribution is 2.12. The quantitative estimate of drug-likeness (QED) is 0.529. The summed E-state index contributed by atoms with van der Waals surface area (Å²) in [6.45, 7) is 0.794. The van der Waals surface area contributed by atoms with Gasteiger partial charge < -0.3 is 20.9 Å². The van der Waals surface area contributed by atoms with E-state index in [9.17, 15) is 14.4 Å². The lowest BCUT2D eigenvalue weighted by atomic mass is 10.1. The van der Waals surface area contributed by atoms with Crippen molar-refractivity contribution in [2.24, 2.45) is 11.7 Å². The zero-order valence-corrected chi connectivity index (χ0v) is 8.64. The van der Waals surface area contributed by atoms with Crippen molar-refractivity contribution in [3.8, 4) is 0 Å². The summed E-state index contributed by atoms with van der Waals surface area (Å²) in [7, 11) is 0. The fourth-order valence-electron chi connectivity index (χ4n) is 1.43. The molecule has 7 nitrogen and oxygen atoms in total. The van der Waals surface area contributed by atoms with E-state index in [1.165, 1.54) is 0 Å². The van der Waals surface area contributed by atoms with Gasteiger partial charge in [0.05, 0.1) is 18.9 Å². The maximum atomic E-state index is 11.5. The Morgan fingerprint density at radius 2 is 2.19 bits per heavy atom. The van der Waals surface area contributed by atoms with E-state index in [2.05, 4.69) is 5.32 Å². The third-order valence-electron chi connectivity index (χ3n) is 2.34. The van der Waals surface area contributed by atoms with Gasteiger partial charge in [0.2, 0.25) is 11.8 Å². The number of carboxylic acids is 1. The van der Waals surface area contributed by atoms with Crippen LogP contribution in [-0.4, -0.2) is 42.1 Å². The topological polar surface area (TPSA) is 119 Å². The van der Waals surface area contributed by atoms with Crippen molar-refractivity contribution >= 4 is 17.8 Å². The van der Waals surface area contributed by atoms with Crippen LogP contribution < -0.4 is 11.1 Å². The molecule has 0 radical (unpaired) electrons. The number of hydrogen-bond donors (Lipinski definition) is 3. The Labute approximate surface area is 91.9 Å². The molecule has 1 saturated heterocycles. The van der Waals surface area contributed by atoms with Gasteiger partial charge in [0.25, 0.3) is 0 Å². The maximum absolute atomic E-state index is 11.5. The largest absolute Gasteiger partial charge is 0.481 e. The van der Waals surface area contributed by atoms with E-state index in [0.717, 1.165) is 0 Å². The van der Waals surface area contributed by atoms with Crippen LogP contribution in [0.5, 0.6) is 0 Å². The summed E-state index contributed by atoms with van der Waals surface area (Å²) in [5, 5.41) is 10.8. The molecule has 1 rings (SSSR count). The van der Waals surface area contributed by atoms with Crippen LogP contribution in [-0.2, 0) is 19.1 Å². The van der Waals surface area contributed by atoms with E-state index in [4.69, 9.17) is 15.6 Å². The van der Waals surface area contributed by atoms with Gasteiger partial charge >= 0.3 is 5.97 Å². The summed E-state index contributed by atoms with van der Waals surface area (Å²) < 4.78 is 5.01. The van der Waals surface area contributed by atoms with Crippen LogP contribution in [0.1, 0.15) is 12.8 Å². The molecular weight excluding hydrogens is 216 g/mol. The van der Waals surface area contributed by atoms with Gasteiger partial charge in [-0.3, -0.25) is 14.4 Å². The number of amides is 2. The second-order valence-corrected chi connectivity index (χ2v) is 3.62. The van der Waals surface area contributed by atoms with Crippen molar-refractivity contribution in [3.05, 3.63) is 0 Å². The molecule has 90 valence electrons. The van der Waals surface area contributed by atoms with E-state index in [0.29, 0.717) is 19.6 Å². The summed E-state index contributed by atoms with van der Waals surface area (Å²) in [5.41, 5.74) is 4.98. The van der Waals surface area contributed by atoms with Crippen molar-refractivity contribution in [2.45, 2.75) is 18.9 Å². The number of primary amides is 1. The highest BCUT2D eigenvalue weighted by Gasteiger charge is 2.28. The lowest BCUT2D eigenvalue weighted by Crippen LogP contribution is -2.47. The van der Waals surface area contributed by atoms with Gasteiger partial charge in [-0.2, -0.15) is 0 Å². The number of carboxylic acid groups (broad SMARTS) is 1. The second-order valence-electron chi connectivity index (χ2n) is 3.62. The van der Waals surface area contributed by atoms with Gasteiger partial charge in [0.15, 0.2) is 0 Å². The predicted molar refractivity (Wildman–Crippen MR) is 52.3 cm³/mol. The minimum absolute atomic E-state index is 0.296. The first kappa shape index (κ1) is 12.4. The molecule has 4 N–H and O–H groups in total. The molecular formula is C9H14N2O5. The Morgan fingerprint density at radius 3 is 2.62 bits per heavy atom. The summed E-state index contributed by atoms with van der Waals surface area (Å²) in [6.07, 6.45) is 0.0685. The number of rotatable bonds is 5. The van der Waals surface area contributed by atoms with E-state index in [-0.39, 0.29) is 11.8 Å². The van der Waals surface area contributed by atoms with Gasteiger partial charge in [-0.1, -0.05) is 0 Å². The van der Waals surface area contributed by atoms with Crippen LogP contribution in [0.25, 0.3) is 0 Å². The number of aliphatic carboxylic acids is 1. The summed E-state index contributed by atoms with van der Waals surface area (Å²) in [6, 6.07) is -1.16. The van der Waals surface area contributed by atoms with E-state index >= 15 is 0 Å². The first-order chi connectivity index (χ1) is 7.50. The average molecular weight is 230 g/mol. The SMILES string of the molecule is NC(=O)[C@@H](CC(=O)O)NC(=O)[C@H]1CCOC1. The number of hydrogen-bond acceptors (Lipinski definition) is 4. The van der Waals surface area contributed by atoms with Crippen LogP contribution in [0.2, 0.25) is 0 Å². The lowest BCUT2D eigenvalue weighted by Gasteiger charge is -2.15. The third-order valence-corrected chi connectivity index (χ3v) is 2.34. The van der Waals surface area contributed by atoms with Crippen LogP contribution in [0.3, 0.4) is 0 Å². The molecule has 0 unspecified atom stereocenters. The maximum Gasteiger partial charge on any atom is 0.305 e. The molecule has 0 aromatic carbocycles. The standard InChI is InChI=1S/C9H14N2O5/c10-8(14)6(3-7(12)13)11-9(15)5-1-2-16-4-5/h5-6H,1-4H2,(H2,10,14)(H,11,15)(H,12,13)/t5-,6+/m0/s1. The molecule has 0 saturated carbocycles. The minimum atomic E-state index is -1.19. The van der Waals surface area contributed by atoms with Crippen LogP contribution in [0.15, 0.2) is 0 Å². The molecule has 2 atom stereocenters. The van der Waals surface area contributed by atoms with Crippen LogP contribution in [0.4, 0.5) is 0 Å². The molecule has 7 heteroatoms. The molecule has 0 spiro atoms. The third kappa shape index (κ3) is 3.50. The van der Waals surface area contributed by atoms with Crippen molar-refractivity contribution in [2.75, 3.05) is 13.2 Å². The monoisotopic (exact) mass is 230 g/mol. The molecule has 1 heterocycles. The van der Waals surface area contributed by atoms with Crippen molar-refractivity contribution in [1.29, 1.82) is 0 Å². The predicted octanol–water partition coefficient (Wildman–Crippen LogP) is -1.53. The van der Waals surface area contributed by atoms with E-state index in [1.54, 1.807) is 0 Å². The molecule has 0 aromatic heterocycles. The molecule has 0 aromatic rings. The average Bonchev–Trinajstić information content (AvgIpc) is 2.68. The Hall–Kier alpha value is -1.63. The highest BCUT2D eigenvalue weighted by atomic mass is 16.5. The Balaban J connectivity index is 2.50. The van der Waals surface area contributed by atoms with Gasteiger partial charge in [0, 0.05) is 6.61 Å². The molecule has 1 fully saturated rings. The number of carbonyl (C=O) groups is 3. The first-order valence-corrected chi connectivity index (χ1v) is 4.90. The zero-order valence-electron chi connectivity index (χ0n) is 8.64. The zero-order chi connectivity index (χ0) is 12.1. The van der Waals surface area contributed by atoms with Crippen LogP contribution >= 0.6 is 0 Å². The van der Waals surface area contributed by atoms with Gasteiger partial charge in [0.1, 0.15) is 6.04 Å². The summed E-state index contributed by atoms with van der Waals surface area (Å²) in [4.78, 5) is 32.9. The number of ether oxygens (including phenoxy) is 1. The minimum Gasteiger partial charge on any atom is -0.481 e. The highest BCUT2D eigenvalue weighted by molar-refractivity contribution is 5.90. The fourth-order valence-corrected chi connectivity index (χ4v) is 1.43. The van der Waals surface area contributed by atoms with Crippen LogP contribution in [0, 0.1) is 5.92 Å². The number of carbonyl (C=O) groups excluding carboxylic acids is 2. The fraction of sp³-hybridized carbons (Fsp3) is 0.667. The van der Waals surface area contributed by atoms with Crippen molar-refractivity contribution < 1.29 is 24.2 Å². The Bertz CT molecular complexity index is 298. The van der Waals surface area contributed by atoms with E-state index < -0.39 is 24.3 Å². The second kappa shape index (κ2) is 5.45. The van der Waals surface area contributed by atoms with Gasteiger partial charge in [-0.25, -0.2) is 0 Å². The molecule has 16 heavy (non-hydrogen) atoms. The Morgan fingerprint density at radius 1 is 1.50 bits per heavy atom. The number of nitrogens with one attached hydrogen (secondary N) is 1. The van der Waals surface area contributed by atoms with Gasteiger partial charge in [-0.05, 0) is 6.42 Å².